The van der Waals surface area contributed by atoms with Crippen LogP contribution >= 0.6 is 11.3 Å². The molecule has 0 aliphatic rings. The molecule has 0 fully saturated rings. The van der Waals surface area contributed by atoms with E-state index in [1.54, 1.807) is 36.4 Å². The van der Waals surface area contributed by atoms with Crippen LogP contribution in [0, 0.1) is 6.92 Å². The monoisotopic (exact) mass is 445 g/mol. The SMILES string of the molecule is COc1ccc(S(=O)(=O)[C@@H](CNC(=O)COc2ccc(C)cc2)c2cccs2)cc1. The molecule has 1 atom stereocenters. The molecule has 0 unspecified atom stereocenters. The Balaban J connectivity index is 1.69. The number of hydrogen-bond donors (Lipinski definition) is 1. The van der Waals surface area contributed by atoms with Crippen LogP contribution in [0.5, 0.6) is 11.5 Å². The van der Waals surface area contributed by atoms with Gasteiger partial charge in [0.2, 0.25) is 0 Å². The van der Waals surface area contributed by atoms with E-state index >= 15 is 0 Å². The summed E-state index contributed by atoms with van der Waals surface area (Å²) >= 11 is 1.34. The summed E-state index contributed by atoms with van der Waals surface area (Å²) in [5.74, 6) is 0.765. The Morgan fingerprint density at radius 3 is 2.30 bits per heavy atom. The zero-order valence-electron chi connectivity index (χ0n) is 16.7. The fourth-order valence-electron chi connectivity index (χ4n) is 2.81. The molecule has 0 saturated heterocycles. The topological polar surface area (TPSA) is 81.7 Å². The highest BCUT2D eigenvalue weighted by Crippen LogP contribution is 2.32. The molecule has 0 aliphatic carbocycles. The molecule has 1 N–H and O–H groups in total. The van der Waals surface area contributed by atoms with Crippen molar-refractivity contribution in [3.05, 3.63) is 76.5 Å². The first-order valence-corrected chi connectivity index (χ1v) is 11.7. The standard InChI is InChI=1S/C22H23NO5S2/c1-16-5-7-18(8-6-16)28-15-22(24)23-14-21(20-4-3-13-29-20)30(25,26)19-11-9-17(27-2)10-12-19/h3-13,21H,14-15H2,1-2H3,(H,23,24)/t21-/m0/s1. The summed E-state index contributed by atoms with van der Waals surface area (Å²) in [5.41, 5.74) is 1.09. The minimum absolute atomic E-state index is 0.0506. The van der Waals surface area contributed by atoms with Crippen molar-refractivity contribution in [1.29, 1.82) is 0 Å². The molecule has 0 saturated carbocycles. The number of rotatable bonds is 9. The average Bonchev–Trinajstić information content (AvgIpc) is 3.27. The molecule has 3 rings (SSSR count). The van der Waals surface area contributed by atoms with Gasteiger partial charge in [-0.3, -0.25) is 4.79 Å². The molecular formula is C22H23NO5S2. The molecule has 0 radical (unpaired) electrons. The average molecular weight is 446 g/mol. The number of nitrogens with one attached hydrogen (secondary N) is 1. The zero-order chi connectivity index (χ0) is 21.6. The van der Waals surface area contributed by atoms with Crippen LogP contribution in [0.2, 0.25) is 0 Å². The molecule has 30 heavy (non-hydrogen) atoms. The second kappa shape index (κ2) is 9.77. The molecule has 1 heterocycles. The van der Waals surface area contributed by atoms with Crippen LogP contribution in [-0.2, 0) is 14.6 Å². The summed E-state index contributed by atoms with van der Waals surface area (Å²) in [4.78, 5) is 13.1. The van der Waals surface area contributed by atoms with E-state index in [-0.39, 0.29) is 24.0 Å². The van der Waals surface area contributed by atoms with Crippen molar-refractivity contribution in [2.24, 2.45) is 0 Å². The molecule has 0 aliphatic heterocycles. The van der Waals surface area contributed by atoms with Crippen molar-refractivity contribution >= 4 is 27.1 Å². The summed E-state index contributed by atoms with van der Waals surface area (Å²) in [5, 5.41) is 3.61. The van der Waals surface area contributed by atoms with E-state index in [9.17, 15) is 13.2 Å². The molecule has 0 bridgehead atoms. The predicted molar refractivity (Wildman–Crippen MR) is 117 cm³/mol. The van der Waals surface area contributed by atoms with Gasteiger partial charge in [0, 0.05) is 11.4 Å². The Kier molecular flexibility index (Phi) is 7.12. The maximum absolute atomic E-state index is 13.2. The van der Waals surface area contributed by atoms with Gasteiger partial charge in [0.25, 0.3) is 5.91 Å². The Hall–Kier alpha value is -2.84. The van der Waals surface area contributed by atoms with E-state index in [0.717, 1.165) is 5.56 Å². The van der Waals surface area contributed by atoms with Crippen molar-refractivity contribution in [2.75, 3.05) is 20.3 Å². The van der Waals surface area contributed by atoms with Gasteiger partial charge in [-0.25, -0.2) is 8.42 Å². The maximum Gasteiger partial charge on any atom is 0.257 e. The molecule has 2 aromatic carbocycles. The molecule has 1 amide bonds. The summed E-state index contributed by atoms with van der Waals surface area (Å²) in [6.07, 6.45) is 0. The van der Waals surface area contributed by atoms with Gasteiger partial charge in [-0.1, -0.05) is 23.8 Å². The highest BCUT2D eigenvalue weighted by Gasteiger charge is 2.30. The zero-order valence-corrected chi connectivity index (χ0v) is 18.3. The number of aryl methyl sites for hydroxylation is 1. The lowest BCUT2D eigenvalue weighted by Crippen LogP contribution is -2.34. The summed E-state index contributed by atoms with van der Waals surface area (Å²) in [7, 11) is -2.20. The lowest BCUT2D eigenvalue weighted by molar-refractivity contribution is -0.123. The second-order valence-corrected chi connectivity index (χ2v) is 9.74. The number of benzene rings is 2. The van der Waals surface area contributed by atoms with E-state index in [0.29, 0.717) is 16.4 Å². The van der Waals surface area contributed by atoms with Crippen LogP contribution in [0.15, 0.2) is 70.9 Å². The smallest absolute Gasteiger partial charge is 0.257 e. The van der Waals surface area contributed by atoms with Gasteiger partial charge >= 0.3 is 0 Å². The molecule has 3 aromatic rings. The van der Waals surface area contributed by atoms with E-state index in [1.165, 1.54) is 30.6 Å². The molecule has 6 nitrogen and oxygen atoms in total. The maximum atomic E-state index is 13.2. The number of amides is 1. The van der Waals surface area contributed by atoms with Gasteiger partial charge < -0.3 is 14.8 Å². The van der Waals surface area contributed by atoms with Gasteiger partial charge in [0.05, 0.1) is 12.0 Å². The van der Waals surface area contributed by atoms with Crippen LogP contribution < -0.4 is 14.8 Å². The van der Waals surface area contributed by atoms with Crippen molar-refractivity contribution in [3.8, 4) is 11.5 Å². The van der Waals surface area contributed by atoms with E-state index < -0.39 is 15.1 Å². The first-order chi connectivity index (χ1) is 14.4. The molecule has 158 valence electrons. The summed E-state index contributed by atoms with van der Waals surface area (Å²) < 4.78 is 37.0. The van der Waals surface area contributed by atoms with Gasteiger partial charge in [0.15, 0.2) is 16.4 Å². The lowest BCUT2D eigenvalue weighted by atomic mass is 10.2. The van der Waals surface area contributed by atoms with E-state index in [1.807, 2.05) is 24.4 Å². The van der Waals surface area contributed by atoms with Crippen LogP contribution in [0.1, 0.15) is 15.7 Å². The Morgan fingerprint density at radius 2 is 1.70 bits per heavy atom. The minimum Gasteiger partial charge on any atom is -0.497 e. The van der Waals surface area contributed by atoms with Gasteiger partial charge in [-0.2, -0.15) is 0 Å². The van der Waals surface area contributed by atoms with Gasteiger partial charge in [-0.05, 0) is 54.8 Å². The van der Waals surface area contributed by atoms with Crippen molar-refractivity contribution in [2.45, 2.75) is 17.1 Å². The van der Waals surface area contributed by atoms with Crippen LogP contribution in [-0.4, -0.2) is 34.6 Å². The van der Waals surface area contributed by atoms with Crippen molar-refractivity contribution < 1.29 is 22.7 Å². The number of sulfone groups is 1. The fraction of sp³-hybridized carbons (Fsp3) is 0.227. The third-order valence-corrected chi connectivity index (χ3v) is 7.73. The van der Waals surface area contributed by atoms with Crippen LogP contribution in [0.3, 0.4) is 0 Å². The highest BCUT2D eigenvalue weighted by atomic mass is 32.2. The first kappa shape index (κ1) is 21.9. The number of methoxy groups -OCH3 is 1. The third-order valence-electron chi connectivity index (χ3n) is 4.50. The third kappa shape index (κ3) is 5.40. The number of thiophene rings is 1. The highest BCUT2D eigenvalue weighted by molar-refractivity contribution is 7.91. The summed E-state index contributed by atoms with van der Waals surface area (Å²) in [6, 6.07) is 17.1. The summed E-state index contributed by atoms with van der Waals surface area (Å²) in [6.45, 7) is 1.72. The molecule has 1 aromatic heterocycles. The van der Waals surface area contributed by atoms with E-state index in [4.69, 9.17) is 9.47 Å². The van der Waals surface area contributed by atoms with Crippen LogP contribution in [0.25, 0.3) is 0 Å². The molecule has 8 heteroatoms. The largest absolute Gasteiger partial charge is 0.497 e. The molecular weight excluding hydrogens is 422 g/mol. The number of carbonyl (C=O) groups is 1. The minimum atomic E-state index is -3.72. The van der Waals surface area contributed by atoms with E-state index in [2.05, 4.69) is 5.32 Å². The van der Waals surface area contributed by atoms with Gasteiger partial charge in [0.1, 0.15) is 16.7 Å². The Morgan fingerprint density at radius 1 is 1.03 bits per heavy atom. The normalized spacial score (nSPS) is 12.2. The molecule has 0 spiro atoms. The predicted octanol–water partition coefficient (Wildman–Crippen LogP) is 3.78. The van der Waals surface area contributed by atoms with Gasteiger partial charge in [-0.15, -0.1) is 11.3 Å². The Bertz CT molecular complexity index is 1060. The number of ether oxygens (including phenoxy) is 2. The lowest BCUT2D eigenvalue weighted by Gasteiger charge is -2.18. The quantitative estimate of drug-likeness (QED) is 0.542. The number of carbonyl (C=O) groups excluding carboxylic acids is 1. The first-order valence-electron chi connectivity index (χ1n) is 9.27. The fourth-order valence-corrected chi connectivity index (χ4v) is 5.59. The van der Waals surface area contributed by atoms with Crippen LogP contribution in [0.4, 0.5) is 0 Å². The van der Waals surface area contributed by atoms with Crippen molar-refractivity contribution in [1.82, 2.24) is 5.32 Å². The van der Waals surface area contributed by atoms with Crippen molar-refractivity contribution in [3.63, 3.8) is 0 Å². The Labute approximate surface area is 180 Å². The second-order valence-electron chi connectivity index (χ2n) is 6.63. The number of hydrogen-bond acceptors (Lipinski definition) is 6.